The molecular formula is C14H22N2O2. The van der Waals surface area contributed by atoms with Gasteiger partial charge >= 0.3 is 5.97 Å². The Hall–Kier alpha value is -1.39. The SMILES string of the molecule is CCNC(CCNC)C(=O)OCc1ccccc1. The van der Waals surface area contributed by atoms with E-state index in [4.69, 9.17) is 4.74 Å². The number of rotatable bonds is 8. The van der Waals surface area contributed by atoms with Crippen molar-refractivity contribution in [1.29, 1.82) is 0 Å². The van der Waals surface area contributed by atoms with Crippen LogP contribution in [0.3, 0.4) is 0 Å². The molecule has 0 bridgehead atoms. The Balaban J connectivity index is 2.40. The Bertz CT molecular complexity index is 341. The van der Waals surface area contributed by atoms with Crippen LogP contribution in [0.25, 0.3) is 0 Å². The van der Waals surface area contributed by atoms with Crippen molar-refractivity contribution >= 4 is 5.97 Å². The van der Waals surface area contributed by atoms with E-state index in [2.05, 4.69) is 10.6 Å². The molecular weight excluding hydrogens is 228 g/mol. The first-order valence-corrected chi connectivity index (χ1v) is 6.36. The molecule has 2 N–H and O–H groups in total. The summed E-state index contributed by atoms with van der Waals surface area (Å²) in [5.41, 5.74) is 1.01. The van der Waals surface area contributed by atoms with Gasteiger partial charge in [-0.15, -0.1) is 0 Å². The number of nitrogens with one attached hydrogen (secondary N) is 2. The van der Waals surface area contributed by atoms with Crippen LogP contribution in [0.4, 0.5) is 0 Å². The second kappa shape index (κ2) is 8.66. The van der Waals surface area contributed by atoms with E-state index in [0.29, 0.717) is 6.61 Å². The molecule has 0 aliphatic heterocycles. The zero-order valence-electron chi connectivity index (χ0n) is 11.1. The van der Waals surface area contributed by atoms with Gasteiger partial charge in [-0.25, -0.2) is 0 Å². The van der Waals surface area contributed by atoms with Crippen molar-refractivity contribution in [2.75, 3.05) is 20.1 Å². The summed E-state index contributed by atoms with van der Waals surface area (Å²) < 4.78 is 5.31. The lowest BCUT2D eigenvalue weighted by atomic mass is 10.2. The molecule has 0 aromatic heterocycles. The van der Waals surface area contributed by atoms with Gasteiger partial charge in [-0.05, 0) is 32.1 Å². The number of hydrogen-bond acceptors (Lipinski definition) is 4. The largest absolute Gasteiger partial charge is 0.460 e. The van der Waals surface area contributed by atoms with Crippen LogP contribution in [-0.2, 0) is 16.1 Å². The summed E-state index contributed by atoms with van der Waals surface area (Å²) in [5.74, 6) is -0.184. The molecule has 0 spiro atoms. The summed E-state index contributed by atoms with van der Waals surface area (Å²) >= 11 is 0. The Morgan fingerprint density at radius 2 is 2.06 bits per heavy atom. The molecule has 18 heavy (non-hydrogen) atoms. The van der Waals surface area contributed by atoms with Crippen LogP contribution in [0, 0.1) is 0 Å². The zero-order chi connectivity index (χ0) is 13.2. The monoisotopic (exact) mass is 250 g/mol. The highest BCUT2D eigenvalue weighted by Crippen LogP contribution is 2.03. The van der Waals surface area contributed by atoms with Crippen molar-refractivity contribution in [2.45, 2.75) is 26.0 Å². The molecule has 1 aromatic rings. The predicted molar refractivity (Wildman–Crippen MR) is 72.2 cm³/mol. The van der Waals surface area contributed by atoms with E-state index in [9.17, 15) is 4.79 Å². The van der Waals surface area contributed by atoms with Gasteiger partial charge in [-0.1, -0.05) is 37.3 Å². The van der Waals surface area contributed by atoms with Crippen molar-refractivity contribution in [3.8, 4) is 0 Å². The molecule has 1 aromatic carbocycles. The molecule has 0 saturated carbocycles. The Kier molecular flexibility index (Phi) is 7.06. The van der Waals surface area contributed by atoms with E-state index in [1.165, 1.54) is 0 Å². The maximum Gasteiger partial charge on any atom is 0.323 e. The average molecular weight is 250 g/mol. The van der Waals surface area contributed by atoms with Crippen LogP contribution in [0.15, 0.2) is 30.3 Å². The third-order valence-electron chi connectivity index (χ3n) is 2.64. The number of ether oxygens (including phenoxy) is 1. The molecule has 4 nitrogen and oxygen atoms in total. The molecule has 1 rings (SSSR count). The first kappa shape index (κ1) is 14.7. The zero-order valence-corrected chi connectivity index (χ0v) is 11.1. The number of esters is 1. The maximum atomic E-state index is 11.9. The number of likely N-dealkylation sites (N-methyl/N-ethyl adjacent to an activating group) is 1. The van der Waals surface area contributed by atoms with E-state index in [1.807, 2.05) is 44.3 Å². The molecule has 0 radical (unpaired) electrons. The fourth-order valence-corrected chi connectivity index (χ4v) is 1.67. The van der Waals surface area contributed by atoms with Crippen LogP contribution in [0.5, 0.6) is 0 Å². The molecule has 1 unspecified atom stereocenters. The normalized spacial score (nSPS) is 12.1. The maximum absolute atomic E-state index is 11.9. The lowest BCUT2D eigenvalue weighted by Crippen LogP contribution is -2.39. The smallest absolute Gasteiger partial charge is 0.323 e. The third-order valence-corrected chi connectivity index (χ3v) is 2.64. The van der Waals surface area contributed by atoms with Crippen LogP contribution in [-0.4, -0.2) is 32.1 Å². The second-order valence-electron chi connectivity index (χ2n) is 4.10. The van der Waals surface area contributed by atoms with Gasteiger partial charge in [0.2, 0.25) is 0 Å². The topological polar surface area (TPSA) is 50.4 Å². The first-order valence-electron chi connectivity index (χ1n) is 6.36. The van der Waals surface area contributed by atoms with Gasteiger partial charge in [0, 0.05) is 0 Å². The number of carbonyl (C=O) groups is 1. The lowest BCUT2D eigenvalue weighted by Gasteiger charge is -2.16. The van der Waals surface area contributed by atoms with Crippen LogP contribution in [0.1, 0.15) is 18.9 Å². The average Bonchev–Trinajstić information content (AvgIpc) is 2.42. The van der Waals surface area contributed by atoms with E-state index >= 15 is 0 Å². The van der Waals surface area contributed by atoms with Gasteiger partial charge in [0.25, 0.3) is 0 Å². The van der Waals surface area contributed by atoms with Gasteiger partial charge < -0.3 is 15.4 Å². The minimum absolute atomic E-state index is 0.184. The molecule has 0 aliphatic carbocycles. The van der Waals surface area contributed by atoms with Crippen molar-refractivity contribution in [2.24, 2.45) is 0 Å². The van der Waals surface area contributed by atoms with Crippen LogP contribution >= 0.6 is 0 Å². The highest BCUT2D eigenvalue weighted by molar-refractivity contribution is 5.75. The van der Waals surface area contributed by atoms with E-state index < -0.39 is 0 Å². The summed E-state index contributed by atoms with van der Waals surface area (Å²) in [4.78, 5) is 11.9. The van der Waals surface area contributed by atoms with Crippen molar-refractivity contribution < 1.29 is 9.53 Å². The van der Waals surface area contributed by atoms with Gasteiger partial charge in [-0.3, -0.25) is 4.79 Å². The standard InChI is InChI=1S/C14H22N2O2/c1-3-16-13(9-10-15-2)14(17)18-11-12-7-5-4-6-8-12/h4-8,13,15-16H,3,9-11H2,1-2H3. The van der Waals surface area contributed by atoms with E-state index in [0.717, 1.165) is 25.1 Å². The van der Waals surface area contributed by atoms with E-state index in [1.54, 1.807) is 0 Å². The quantitative estimate of drug-likeness (QED) is 0.683. The fourth-order valence-electron chi connectivity index (χ4n) is 1.67. The third kappa shape index (κ3) is 5.29. The molecule has 0 amide bonds. The first-order chi connectivity index (χ1) is 8.77. The van der Waals surface area contributed by atoms with Crippen molar-refractivity contribution in [1.82, 2.24) is 10.6 Å². The van der Waals surface area contributed by atoms with Crippen molar-refractivity contribution in [3.05, 3.63) is 35.9 Å². The number of carbonyl (C=O) groups excluding carboxylic acids is 1. The number of benzene rings is 1. The second-order valence-corrected chi connectivity index (χ2v) is 4.10. The Morgan fingerprint density at radius 3 is 2.67 bits per heavy atom. The van der Waals surface area contributed by atoms with Crippen molar-refractivity contribution in [3.63, 3.8) is 0 Å². The van der Waals surface area contributed by atoms with Gasteiger partial charge in [-0.2, -0.15) is 0 Å². The van der Waals surface area contributed by atoms with Crippen LogP contribution < -0.4 is 10.6 Å². The summed E-state index contributed by atoms with van der Waals surface area (Å²) in [7, 11) is 1.87. The molecule has 0 aliphatic rings. The molecule has 4 heteroatoms. The molecule has 0 saturated heterocycles. The highest BCUT2D eigenvalue weighted by atomic mass is 16.5. The summed E-state index contributed by atoms with van der Waals surface area (Å²) in [6.45, 7) is 3.87. The minimum atomic E-state index is -0.230. The highest BCUT2D eigenvalue weighted by Gasteiger charge is 2.17. The van der Waals surface area contributed by atoms with Gasteiger partial charge in [0.1, 0.15) is 12.6 Å². The summed E-state index contributed by atoms with van der Waals surface area (Å²) in [6.07, 6.45) is 0.734. The summed E-state index contributed by atoms with van der Waals surface area (Å²) in [5, 5.41) is 6.18. The lowest BCUT2D eigenvalue weighted by molar-refractivity contribution is -0.147. The Morgan fingerprint density at radius 1 is 1.33 bits per heavy atom. The van der Waals surface area contributed by atoms with E-state index in [-0.39, 0.29) is 12.0 Å². The molecule has 0 fully saturated rings. The molecule has 0 heterocycles. The van der Waals surface area contributed by atoms with Gasteiger partial charge in [0.15, 0.2) is 0 Å². The Labute approximate surface area is 109 Å². The number of hydrogen-bond donors (Lipinski definition) is 2. The molecule has 1 atom stereocenters. The minimum Gasteiger partial charge on any atom is -0.460 e. The molecule has 100 valence electrons. The van der Waals surface area contributed by atoms with Gasteiger partial charge in [0.05, 0.1) is 0 Å². The fraction of sp³-hybridized carbons (Fsp3) is 0.500. The predicted octanol–water partition coefficient (Wildman–Crippen LogP) is 1.32. The summed E-state index contributed by atoms with van der Waals surface area (Å²) in [6, 6.07) is 9.48. The van der Waals surface area contributed by atoms with Crippen LogP contribution in [0.2, 0.25) is 0 Å².